The third kappa shape index (κ3) is 1.81. The van der Waals surface area contributed by atoms with Crippen molar-refractivity contribution in [3.63, 3.8) is 0 Å². The fraction of sp³-hybridized carbons (Fsp3) is 0.500. The molecule has 2 heterocycles. The smallest absolute Gasteiger partial charge is 0.231 e. The predicted octanol–water partition coefficient (Wildman–Crippen LogP) is 2.24. The number of ether oxygens (including phenoxy) is 2. The number of halogens is 1. The minimum absolute atomic E-state index is 0.141. The second kappa shape index (κ2) is 4.27. The first-order valence-electron chi connectivity index (χ1n) is 5.79. The van der Waals surface area contributed by atoms with E-state index >= 15 is 0 Å². The zero-order chi connectivity index (χ0) is 11.8. The monoisotopic (exact) mass is 255 g/mol. The molecule has 0 spiro atoms. The maximum Gasteiger partial charge on any atom is 0.231 e. The number of phenolic OH excluding ortho intramolecular Hbond substituents is 1. The average Bonchev–Trinajstić information content (AvgIpc) is 2.79. The normalized spacial score (nSPS) is 19.6. The van der Waals surface area contributed by atoms with Crippen LogP contribution < -0.4 is 14.8 Å². The van der Waals surface area contributed by atoms with Crippen molar-refractivity contribution in [3.05, 3.63) is 16.7 Å². The van der Waals surface area contributed by atoms with E-state index in [1.165, 1.54) is 0 Å². The molecule has 0 saturated carbocycles. The number of hydrogen-bond donors (Lipinski definition) is 2. The minimum Gasteiger partial charge on any atom is -0.506 e. The van der Waals surface area contributed by atoms with Crippen molar-refractivity contribution in [1.82, 2.24) is 5.32 Å². The van der Waals surface area contributed by atoms with Gasteiger partial charge >= 0.3 is 0 Å². The van der Waals surface area contributed by atoms with Crippen LogP contribution in [0.1, 0.15) is 24.3 Å². The van der Waals surface area contributed by atoms with E-state index in [-0.39, 0.29) is 18.5 Å². The maximum atomic E-state index is 10.1. The number of rotatable bonds is 1. The van der Waals surface area contributed by atoms with Gasteiger partial charge in [0, 0.05) is 11.6 Å². The molecule has 1 aromatic rings. The number of benzene rings is 1. The van der Waals surface area contributed by atoms with E-state index in [0.29, 0.717) is 16.5 Å². The Hall–Kier alpha value is -1.13. The highest BCUT2D eigenvalue weighted by Gasteiger charge is 2.29. The van der Waals surface area contributed by atoms with Crippen LogP contribution in [0, 0.1) is 0 Å². The molecule has 2 aliphatic rings. The van der Waals surface area contributed by atoms with Crippen molar-refractivity contribution >= 4 is 11.6 Å². The van der Waals surface area contributed by atoms with Crippen LogP contribution in [-0.2, 0) is 0 Å². The number of phenols is 1. The second-order valence-electron chi connectivity index (χ2n) is 4.38. The molecule has 17 heavy (non-hydrogen) atoms. The number of nitrogens with one attached hydrogen (secondary N) is 1. The standard InChI is InChI=1S/C12H14ClNO3/c13-8-5-9-12(17-6-16-9)10(11(8)15)7-1-3-14-4-2-7/h5,7,14-15H,1-4,6H2. The van der Waals surface area contributed by atoms with Gasteiger partial charge in [-0.05, 0) is 31.8 Å². The Labute approximate surface area is 104 Å². The third-order valence-electron chi connectivity index (χ3n) is 3.37. The van der Waals surface area contributed by atoms with E-state index in [2.05, 4.69) is 5.32 Å². The summed E-state index contributed by atoms with van der Waals surface area (Å²) < 4.78 is 10.8. The van der Waals surface area contributed by atoms with E-state index in [0.717, 1.165) is 31.5 Å². The SMILES string of the molecule is Oc1c(Cl)cc2c(c1C1CCNCC1)OCO2. The zero-order valence-electron chi connectivity index (χ0n) is 9.33. The molecule has 3 rings (SSSR count). The van der Waals surface area contributed by atoms with Gasteiger partial charge in [-0.3, -0.25) is 0 Å². The van der Waals surface area contributed by atoms with Crippen LogP contribution in [0.5, 0.6) is 17.2 Å². The average molecular weight is 256 g/mol. The Balaban J connectivity index is 2.07. The molecule has 0 bridgehead atoms. The summed E-state index contributed by atoms with van der Waals surface area (Å²) in [6, 6.07) is 1.61. The molecule has 2 N–H and O–H groups in total. The largest absolute Gasteiger partial charge is 0.506 e. The van der Waals surface area contributed by atoms with E-state index in [4.69, 9.17) is 21.1 Å². The quantitative estimate of drug-likeness (QED) is 0.808. The molecule has 0 aliphatic carbocycles. The highest BCUT2D eigenvalue weighted by Crippen LogP contribution is 2.49. The van der Waals surface area contributed by atoms with Crippen LogP contribution in [-0.4, -0.2) is 25.0 Å². The predicted molar refractivity (Wildman–Crippen MR) is 64.1 cm³/mol. The molecule has 2 aliphatic heterocycles. The van der Waals surface area contributed by atoms with E-state index in [1.54, 1.807) is 6.07 Å². The van der Waals surface area contributed by atoms with Crippen LogP contribution in [0.2, 0.25) is 5.02 Å². The summed E-state index contributed by atoms with van der Waals surface area (Å²) in [5.74, 6) is 1.73. The summed E-state index contributed by atoms with van der Waals surface area (Å²) in [4.78, 5) is 0. The molecule has 1 fully saturated rings. The van der Waals surface area contributed by atoms with Crippen molar-refractivity contribution in [2.24, 2.45) is 0 Å². The van der Waals surface area contributed by atoms with E-state index in [9.17, 15) is 5.11 Å². The van der Waals surface area contributed by atoms with Gasteiger partial charge in [0.05, 0.1) is 5.02 Å². The van der Waals surface area contributed by atoms with Gasteiger partial charge in [-0.25, -0.2) is 0 Å². The summed E-state index contributed by atoms with van der Waals surface area (Å²) in [6.07, 6.45) is 1.95. The lowest BCUT2D eigenvalue weighted by molar-refractivity contribution is 0.172. The summed E-state index contributed by atoms with van der Waals surface area (Å²) in [6.45, 7) is 2.10. The summed E-state index contributed by atoms with van der Waals surface area (Å²) in [5, 5.41) is 13.8. The van der Waals surface area contributed by atoms with Gasteiger partial charge in [-0.2, -0.15) is 0 Å². The van der Waals surface area contributed by atoms with Crippen LogP contribution in [0.4, 0.5) is 0 Å². The molecule has 5 heteroatoms. The molecular weight excluding hydrogens is 242 g/mol. The van der Waals surface area contributed by atoms with Gasteiger partial charge in [-0.15, -0.1) is 0 Å². The number of hydrogen-bond acceptors (Lipinski definition) is 4. The molecule has 0 aromatic heterocycles. The first kappa shape index (κ1) is 11.0. The van der Waals surface area contributed by atoms with Crippen LogP contribution in [0.25, 0.3) is 0 Å². The summed E-state index contributed by atoms with van der Waals surface area (Å²) in [5.41, 5.74) is 0.812. The molecule has 0 amide bonds. The molecule has 0 unspecified atom stereocenters. The molecule has 4 nitrogen and oxygen atoms in total. The lowest BCUT2D eigenvalue weighted by atomic mass is 9.88. The minimum atomic E-state index is 0.141. The fourth-order valence-corrected chi connectivity index (χ4v) is 2.72. The fourth-order valence-electron chi connectivity index (χ4n) is 2.52. The van der Waals surface area contributed by atoms with Crippen molar-refractivity contribution in [2.45, 2.75) is 18.8 Å². The lowest BCUT2D eigenvalue weighted by Gasteiger charge is -2.24. The van der Waals surface area contributed by atoms with Gasteiger partial charge < -0.3 is 19.9 Å². The third-order valence-corrected chi connectivity index (χ3v) is 3.66. The topological polar surface area (TPSA) is 50.7 Å². The Bertz CT molecular complexity index is 444. The molecule has 92 valence electrons. The zero-order valence-corrected chi connectivity index (χ0v) is 10.1. The van der Waals surface area contributed by atoms with Crippen LogP contribution in [0.15, 0.2) is 6.07 Å². The van der Waals surface area contributed by atoms with Gasteiger partial charge in [-0.1, -0.05) is 11.6 Å². The lowest BCUT2D eigenvalue weighted by Crippen LogP contribution is -2.26. The van der Waals surface area contributed by atoms with Gasteiger partial charge in [0.25, 0.3) is 0 Å². The van der Waals surface area contributed by atoms with E-state index < -0.39 is 0 Å². The Morgan fingerprint density at radius 3 is 2.82 bits per heavy atom. The molecule has 0 radical (unpaired) electrons. The first-order valence-corrected chi connectivity index (χ1v) is 6.17. The van der Waals surface area contributed by atoms with Crippen molar-refractivity contribution in [2.75, 3.05) is 19.9 Å². The van der Waals surface area contributed by atoms with Crippen molar-refractivity contribution in [1.29, 1.82) is 0 Å². The highest BCUT2D eigenvalue weighted by atomic mass is 35.5. The van der Waals surface area contributed by atoms with Crippen molar-refractivity contribution in [3.8, 4) is 17.2 Å². The Morgan fingerprint density at radius 2 is 2.06 bits per heavy atom. The first-order chi connectivity index (χ1) is 8.27. The Kier molecular flexibility index (Phi) is 2.76. The molecule has 1 aromatic carbocycles. The molecule has 0 atom stereocenters. The van der Waals surface area contributed by atoms with Gasteiger partial charge in [0.2, 0.25) is 6.79 Å². The summed E-state index contributed by atoms with van der Waals surface area (Å²) >= 11 is 6.02. The van der Waals surface area contributed by atoms with Gasteiger partial charge in [0.1, 0.15) is 5.75 Å². The van der Waals surface area contributed by atoms with Gasteiger partial charge in [0.15, 0.2) is 11.5 Å². The van der Waals surface area contributed by atoms with E-state index in [1.807, 2.05) is 0 Å². The Morgan fingerprint density at radius 1 is 1.29 bits per heavy atom. The second-order valence-corrected chi connectivity index (χ2v) is 4.79. The number of piperidine rings is 1. The molecular formula is C12H14ClNO3. The number of aromatic hydroxyl groups is 1. The summed E-state index contributed by atoms with van der Waals surface area (Å²) in [7, 11) is 0. The highest BCUT2D eigenvalue weighted by molar-refractivity contribution is 6.32. The molecule has 1 saturated heterocycles. The van der Waals surface area contributed by atoms with Crippen molar-refractivity contribution < 1.29 is 14.6 Å². The van der Waals surface area contributed by atoms with Crippen LogP contribution >= 0.6 is 11.6 Å². The number of fused-ring (bicyclic) bond motifs is 1. The maximum absolute atomic E-state index is 10.1. The van der Waals surface area contributed by atoms with Crippen LogP contribution in [0.3, 0.4) is 0 Å².